The molecule has 0 radical (unpaired) electrons. The summed E-state index contributed by atoms with van der Waals surface area (Å²) in [4.78, 5) is 0. The molecule has 1 aliphatic rings. The van der Waals surface area contributed by atoms with Crippen molar-refractivity contribution in [1.29, 1.82) is 0 Å². The fourth-order valence-corrected chi connectivity index (χ4v) is 5.60. The van der Waals surface area contributed by atoms with Crippen molar-refractivity contribution >= 4 is 9.84 Å². The summed E-state index contributed by atoms with van der Waals surface area (Å²) in [6.45, 7) is 11.2. The van der Waals surface area contributed by atoms with Gasteiger partial charge < -0.3 is 5.32 Å². The van der Waals surface area contributed by atoms with E-state index in [9.17, 15) is 8.42 Å². The van der Waals surface area contributed by atoms with Crippen molar-refractivity contribution in [2.45, 2.75) is 65.2 Å². The molecule has 0 amide bonds. The standard InChI is InChI=1S/C14H29NO2S/c1-6-15-12-7-8-14(4,5)9-13(12)18(16,17)10-11(2)3/h11-13,15H,6-10H2,1-5H3. The first-order chi connectivity index (χ1) is 8.18. The minimum atomic E-state index is -2.99. The van der Waals surface area contributed by atoms with E-state index in [1.54, 1.807) is 0 Å². The summed E-state index contributed by atoms with van der Waals surface area (Å²) in [5, 5.41) is 3.17. The van der Waals surface area contributed by atoms with Crippen LogP contribution >= 0.6 is 0 Å². The Bertz CT molecular complexity index is 360. The summed E-state index contributed by atoms with van der Waals surface area (Å²) in [7, 11) is -2.99. The first-order valence-corrected chi connectivity index (χ1v) is 8.84. The molecule has 0 heterocycles. The second-order valence-electron chi connectivity index (χ2n) is 6.83. The van der Waals surface area contributed by atoms with Crippen molar-refractivity contribution < 1.29 is 8.42 Å². The van der Waals surface area contributed by atoms with Crippen LogP contribution < -0.4 is 5.32 Å². The lowest BCUT2D eigenvalue weighted by molar-refractivity contribution is 0.210. The quantitative estimate of drug-likeness (QED) is 0.839. The van der Waals surface area contributed by atoms with E-state index >= 15 is 0 Å². The minimum absolute atomic E-state index is 0.145. The van der Waals surface area contributed by atoms with Crippen LogP contribution in [0.15, 0.2) is 0 Å². The Morgan fingerprint density at radius 2 is 1.94 bits per heavy atom. The Hall–Kier alpha value is -0.0900. The molecule has 1 rings (SSSR count). The lowest BCUT2D eigenvalue weighted by Gasteiger charge is -2.40. The van der Waals surface area contributed by atoms with Crippen LogP contribution in [0.2, 0.25) is 0 Å². The van der Waals surface area contributed by atoms with Crippen molar-refractivity contribution in [3.05, 3.63) is 0 Å². The molecule has 0 aromatic heterocycles. The molecule has 3 nitrogen and oxygen atoms in total. The van der Waals surface area contributed by atoms with Gasteiger partial charge in [-0.1, -0.05) is 34.6 Å². The van der Waals surface area contributed by atoms with Gasteiger partial charge >= 0.3 is 0 Å². The molecular weight excluding hydrogens is 246 g/mol. The topological polar surface area (TPSA) is 46.2 Å². The Kier molecular flexibility index (Phi) is 5.24. The first kappa shape index (κ1) is 16.0. The number of hydrogen-bond donors (Lipinski definition) is 1. The lowest BCUT2D eigenvalue weighted by atomic mass is 9.75. The molecule has 0 bridgehead atoms. The molecule has 4 heteroatoms. The molecule has 108 valence electrons. The monoisotopic (exact) mass is 275 g/mol. The smallest absolute Gasteiger partial charge is 0.154 e. The van der Waals surface area contributed by atoms with Crippen LogP contribution in [0.5, 0.6) is 0 Å². The fourth-order valence-electron chi connectivity index (χ4n) is 2.98. The van der Waals surface area contributed by atoms with Gasteiger partial charge in [0.15, 0.2) is 9.84 Å². The molecule has 1 fully saturated rings. The number of nitrogens with one attached hydrogen (secondary N) is 1. The number of rotatable bonds is 5. The Morgan fingerprint density at radius 1 is 1.33 bits per heavy atom. The highest BCUT2D eigenvalue weighted by molar-refractivity contribution is 7.92. The Labute approximate surface area is 113 Å². The van der Waals surface area contributed by atoms with Gasteiger partial charge in [0.1, 0.15) is 0 Å². The van der Waals surface area contributed by atoms with Crippen LogP contribution in [0, 0.1) is 11.3 Å². The molecule has 2 unspecified atom stereocenters. The predicted molar refractivity (Wildman–Crippen MR) is 77.5 cm³/mol. The van der Waals surface area contributed by atoms with E-state index in [0.717, 1.165) is 25.8 Å². The van der Waals surface area contributed by atoms with E-state index in [2.05, 4.69) is 19.2 Å². The average Bonchev–Trinajstić information content (AvgIpc) is 2.18. The molecule has 0 aromatic rings. The Morgan fingerprint density at radius 3 is 2.44 bits per heavy atom. The summed E-state index contributed by atoms with van der Waals surface area (Å²) in [6.07, 6.45) is 2.88. The molecule has 0 aromatic carbocycles. The van der Waals surface area contributed by atoms with Gasteiger partial charge in [0.2, 0.25) is 0 Å². The normalized spacial score (nSPS) is 28.6. The van der Waals surface area contributed by atoms with Crippen LogP contribution in [-0.4, -0.2) is 32.0 Å². The molecule has 0 aliphatic heterocycles. The third-order valence-electron chi connectivity index (χ3n) is 3.83. The van der Waals surface area contributed by atoms with Crippen LogP contribution in [0.4, 0.5) is 0 Å². The molecule has 1 saturated carbocycles. The van der Waals surface area contributed by atoms with Gasteiger partial charge in [0, 0.05) is 6.04 Å². The van der Waals surface area contributed by atoms with E-state index in [0.29, 0.717) is 5.75 Å². The van der Waals surface area contributed by atoms with Gasteiger partial charge in [0.25, 0.3) is 0 Å². The third-order valence-corrected chi connectivity index (χ3v) is 6.38. The highest BCUT2D eigenvalue weighted by atomic mass is 32.2. The number of hydrogen-bond acceptors (Lipinski definition) is 3. The zero-order valence-electron chi connectivity index (χ0n) is 12.5. The van der Waals surface area contributed by atoms with Crippen molar-refractivity contribution in [3.63, 3.8) is 0 Å². The molecule has 2 atom stereocenters. The zero-order valence-corrected chi connectivity index (χ0v) is 13.3. The second kappa shape index (κ2) is 5.91. The SMILES string of the molecule is CCNC1CCC(C)(C)CC1S(=O)(=O)CC(C)C. The molecule has 0 spiro atoms. The summed E-state index contributed by atoms with van der Waals surface area (Å²) in [5.74, 6) is 0.526. The third kappa shape index (κ3) is 4.23. The van der Waals surface area contributed by atoms with E-state index in [-0.39, 0.29) is 22.6 Å². The maximum Gasteiger partial charge on any atom is 0.154 e. The minimum Gasteiger partial charge on any atom is -0.313 e. The van der Waals surface area contributed by atoms with Gasteiger partial charge in [-0.3, -0.25) is 0 Å². The van der Waals surface area contributed by atoms with Gasteiger partial charge in [-0.05, 0) is 37.1 Å². The van der Waals surface area contributed by atoms with Crippen LogP contribution in [-0.2, 0) is 9.84 Å². The van der Waals surface area contributed by atoms with E-state index < -0.39 is 9.84 Å². The highest BCUT2D eigenvalue weighted by Gasteiger charge is 2.41. The van der Waals surface area contributed by atoms with E-state index in [4.69, 9.17) is 0 Å². The number of sulfone groups is 1. The largest absolute Gasteiger partial charge is 0.313 e. The molecule has 0 saturated heterocycles. The summed E-state index contributed by atoms with van der Waals surface area (Å²) >= 11 is 0. The van der Waals surface area contributed by atoms with Crippen LogP contribution in [0.3, 0.4) is 0 Å². The summed E-state index contributed by atoms with van der Waals surface area (Å²) in [5.41, 5.74) is 0.153. The van der Waals surface area contributed by atoms with Crippen molar-refractivity contribution in [3.8, 4) is 0 Å². The maximum atomic E-state index is 12.5. The highest BCUT2D eigenvalue weighted by Crippen LogP contribution is 2.38. The van der Waals surface area contributed by atoms with Gasteiger partial charge in [0.05, 0.1) is 11.0 Å². The van der Waals surface area contributed by atoms with Gasteiger partial charge in [-0.25, -0.2) is 8.42 Å². The summed E-state index contributed by atoms with van der Waals surface area (Å²) in [6, 6.07) is 0.145. The molecule has 18 heavy (non-hydrogen) atoms. The zero-order chi connectivity index (χ0) is 14.0. The molecule has 1 N–H and O–H groups in total. The van der Waals surface area contributed by atoms with E-state index in [1.165, 1.54) is 0 Å². The first-order valence-electron chi connectivity index (χ1n) is 7.13. The van der Waals surface area contributed by atoms with Crippen molar-refractivity contribution in [2.24, 2.45) is 11.3 Å². The average molecular weight is 275 g/mol. The molecular formula is C14H29NO2S. The van der Waals surface area contributed by atoms with Crippen LogP contribution in [0.25, 0.3) is 0 Å². The second-order valence-corrected chi connectivity index (χ2v) is 9.10. The van der Waals surface area contributed by atoms with Crippen molar-refractivity contribution in [1.82, 2.24) is 5.32 Å². The lowest BCUT2D eigenvalue weighted by Crippen LogP contribution is -2.50. The predicted octanol–water partition coefficient (Wildman–Crippen LogP) is 2.61. The van der Waals surface area contributed by atoms with Gasteiger partial charge in [-0.15, -0.1) is 0 Å². The van der Waals surface area contributed by atoms with Crippen LogP contribution in [0.1, 0.15) is 53.9 Å². The van der Waals surface area contributed by atoms with E-state index in [1.807, 2.05) is 20.8 Å². The summed E-state index contributed by atoms with van der Waals surface area (Å²) < 4.78 is 25.1. The van der Waals surface area contributed by atoms with Gasteiger partial charge in [-0.2, -0.15) is 0 Å². The molecule has 1 aliphatic carbocycles. The fraction of sp³-hybridized carbons (Fsp3) is 1.00. The Balaban J connectivity index is 2.90. The van der Waals surface area contributed by atoms with Crippen molar-refractivity contribution in [2.75, 3.05) is 12.3 Å². The maximum absolute atomic E-state index is 12.5.